The minimum Gasteiger partial charge on any atom is -0.317 e. The molecule has 1 aromatic carbocycles. The van der Waals surface area contributed by atoms with Gasteiger partial charge < -0.3 is 5.32 Å². The monoisotopic (exact) mass is 262 g/mol. The Morgan fingerprint density at radius 2 is 2.11 bits per heavy atom. The molecule has 1 fully saturated rings. The van der Waals surface area contributed by atoms with Gasteiger partial charge in [-0.1, -0.05) is 0 Å². The summed E-state index contributed by atoms with van der Waals surface area (Å²) in [5.41, 5.74) is 3.70. The number of nitrogens with zero attached hydrogens (tertiary/aromatic N) is 1. The smallest absolute Gasteiger partial charge is 0.123 e. The van der Waals surface area contributed by atoms with E-state index in [1.165, 1.54) is 43.6 Å². The van der Waals surface area contributed by atoms with Gasteiger partial charge in [-0.15, -0.1) is 0 Å². The number of hydrogen-bond donors (Lipinski definition) is 1. The van der Waals surface area contributed by atoms with Crippen LogP contribution in [0.4, 0.5) is 4.39 Å². The van der Waals surface area contributed by atoms with E-state index in [9.17, 15) is 4.39 Å². The van der Waals surface area contributed by atoms with Crippen molar-refractivity contribution in [1.82, 2.24) is 10.2 Å². The molecule has 3 heteroatoms. The van der Waals surface area contributed by atoms with Crippen LogP contribution in [0.1, 0.15) is 29.5 Å². The fourth-order valence-corrected chi connectivity index (χ4v) is 3.46. The minimum atomic E-state index is -0.0805. The Balaban J connectivity index is 1.68. The third-order valence-corrected chi connectivity index (χ3v) is 4.58. The van der Waals surface area contributed by atoms with Gasteiger partial charge in [-0.05, 0) is 74.0 Å². The van der Waals surface area contributed by atoms with Crippen LogP contribution in [-0.4, -0.2) is 31.1 Å². The molecule has 1 aromatic rings. The van der Waals surface area contributed by atoms with E-state index in [-0.39, 0.29) is 5.82 Å². The maximum atomic E-state index is 13.4. The van der Waals surface area contributed by atoms with E-state index in [1.54, 1.807) is 12.1 Å². The van der Waals surface area contributed by atoms with Crippen LogP contribution in [-0.2, 0) is 13.0 Å². The lowest BCUT2D eigenvalue weighted by molar-refractivity contribution is 0.191. The zero-order valence-electron chi connectivity index (χ0n) is 11.7. The largest absolute Gasteiger partial charge is 0.317 e. The molecule has 0 spiro atoms. The number of halogens is 1. The first-order valence-corrected chi connectivity index (χ1v) is 7.43. The Kier molecular flexibility index (Phi) is 3.85. The summed E-state index contributed by atoms with van der Waals surface area (Å²) in [5, 5.41) is 3.42. The molecule has 2 nitrogen and oxygen atoms in total. The van der Waals surface area contributed by atoms with Crippen molar-refractivity contribution in [1.29, 1.82) is 0 Å². The van der Waals surface area contributed by atoms with Crippen molar-refractivity contribution in [2.45, 2.75) is 32.7 Å². The first-order valence-electron chi connectivity index (χ1n) is 7.43. The lowest BCUT2D eigenvalue weighted by atomic mass is 9.92. The van der Waals surface area contributed by atoms with Crippen LogP contribution in [0.3, 0.4) is 0 Å². The Hall–Kier alpha value is -0.930. The second kappa shape index (κ2) is 5.59. The van der Waals surface area contributed by atoms with Gasteiger partial charge in [-0.2, -0.15) is 0 Å². The topological polar surface area (TPSA) is 15.3 Å². The predicted octanol–water partition coefficient (Wildman–Crippen LogP) is 2.49. The van der Waals surface area contributed by atoms with Crippen molar-refractivity contribution in [2.24, 2.45) is 5.92 Å². The molecule has 3 rings (SSSR count). The fraction of sp³-hybridized carbons (Fsp3) is 0.625. The van der Waals surface area contributed by atoms with Crippen molar-refractivity contribution in [3.63, 3.8) is 0 Å². The van der Waals surface area contributed by atoms with E-state index in [2.05, 4.69) is 10.2 Å². The van der Waals surface area contributed by atoms with Crippen LogP contribution >= 0.6 is 0 Å². The highest BCUT2D eigenvalue weighted by atomic mass is 19.1. The molecule has 0 saturated carbocycles. The van der Waals surface area contributed by atoms with E-state index in [0.29, 0.717) is 0 Å². The van der Waals surface area contributed by atoms with Crippen LogP contribution in [0.25, 0.3) is 0 Å². The number of benzene rings is 1. The second-order valence-corrected chi connectivity index (χ2v) is 6.04. The molecule has 19 heavy (non-hydrogen) atoms. The Morgan fingerprint density at radius 3 is 2.89 bits per heavy atom. The molecule has 0 radical (unpaired) electrons. The molecule has 2 aliphatic heterocycles. The van der Waals surface area contributed by atoms with Crippen molar-refractivity contribution >= 4 is 0 Å². The minimum absolute atomic E-state index is 0.0805. The van der Waals surface area contributed by atoms with Crippen molar-refractivity contribution in [3.8, 4) is 0 Å². The maximum Gasteiger partial charge on any atom is 0.123 e. The SMILES string of the molecule is Cc1cc(F)cc2c1CN(CC1CCNCC1)CC2. The summed E-state index contributed by atoms with van der Waals surface area (Å²) in [6.45, 7) is 7.66. The first-order chi connectivity index (χ1) is 9.22. The van der Waals surface area contributed by atoms with Crippen LogP contribution in [0.2, 0.25) is 0 Å². The molecule has 0 bridgehead atoms. The quantitative estimate of drug-likeness (QED) is 0.881. The van der Waals surface area contributed by atoms with E-state index in [4.69, 9.17) is 0 Å². The van der Waals surface area contributed by atoms with E-state index in [0.717, 1.165) is 31.0 Å². The third-order valence-electron chi connectivity index (χ3n) is 4.58. The van der Waals surface area contributed by atoms with Gasteiger partial charge in [0.25, 0.3) is 0 Å². The van der Waals surface area contributed by atoms with Crippen molar-refractivity contribution < 1.29 is 4.39 Å². The van der Waals surface area contributed by atoms with Gasteiger partial charge >= 0.3 is 0 Å². The summed E-state index contributed by atoms with van der Waals surface area (Å²) in [6, 6.07) is 3.40. The summed E-state index contributed by atoms with van der Waals surface area (Å²) in [7, 11) is 0. The van der Waals surface area contributed by atoms with Gasteiger partial charge in [0.2, 0.25) is 0 Å². The summed E-state index contributed by atoms with van der Waals surface area (Å²) in [4.78, 5) is 2.56. The van der Waals surface area contributed by atoms with Crippen LogP contribution in [0, 0.1) is 18.7 Å². The standard InChI is InChI=1S/C16H23FN2/c1-12-8-15(17)9-14-4-7-19(11-16(12)14)10-13-2-5-18-6-3-13/h8-9,13,18H,2-7,10-11H2,1H3. The average molecular weight is 262 g/mol. The second-order valence-electron chi connectivity index (χ2n) is 6.04. The van der Waals surface area contributed by atoms with Crippen LogP contribution < -0.4 is 5.32 Å². The van der Waals surface area contributed by atoms with Gasteiger partial charge in [-0.25, -0.2) is 4.39 Å². The lowest BCUT2D eigenvalue weighted by Gasteiger charge is -2.34. The Labute approximate surface area is 115 Å². The summed E-state index contributed by atoms with van der Waals surface area (Å²) in [5.74, 6) is 0.756. The molecule has 0 atom stereocenters. The normalized spacial score (nSPS) is 21.4. The molecule has 0 unspecified atom stereocenters. The van der Waals surface area contributed by atoms with Gasteiger partial charge in [0, 0.05) is 19.6 Å². The Morgan fingerprint density at radius 1 is 1.32 bits per heavy atom. The van der Waals surface area contributed by atoms with Crippen molar-refractivity contribution in [3.05, 3.63) is 34.6 Å². The van der Waals surface area contributed by atoms with E-state index in [1.807, 2.05) is 6.92 Å². The molecule has 1 N–H and O–H groups in total. The predicted molar refractivity (Wildman–Crippen MR) is 75.7 cm³/mol. The highest BCUT2D eigenvalue weighted by molar-refractivity contribution is 5.36. The van der Waals surface area contributed by atoms with E-state index < -0.39 is 0 Å². The van der Waals surface area contributed by atoms with Crippen LogP contribution in [0.15, 0.2) is 12.1 Å². The van der Waals surface area contributed by atoms with Gasteiger partial charge in [0.1, 0.15) is 5.82 Å². The average Bonchev–Trinajstić information content (AvgIpc) is 2.40. The summed E-state index contributed by atoms with van der Waals surface area (Å²) < 4.78 is 13.4. The number of rotatable bonds is 2. The fourth-order valence-electron chi connectivity index (χ4n) is 3.46. The molecular weight excluding hydrogens is 239 g/mol. The highest BCUT2D eigenvalue weighted by Crippen LogP contribution is 2.25. The number of fused-ring (bicyclic) bond motifs is 1. The summed E-state index contributed by atoms with van der Waals surface area (Å²) in [6.07, 6.45) is 3.59. The maximum absolute atomic E-state index is 13.4. The third kappa shape index (κ3) is 2.98. The molecule has 0 aromatic heterocycles. The first kappa shape index (κ1) is 13.1. The zero-order valence-corrected chi connectivity index (χ0v) is 11.7. The number of nitrogens with one attached hydrogen (secondary N) is 1. The molecule has 0 aliphatic carbocycles. The molecule has 2 aliphatic rings. The van der Waals surface area contributed by atoms with Gasteiger partial charge in [0.15, 0.2) is 0 Å². The number of aryl methyl sites for hydroxylation is 1. The number of hydrogen-bond acceptors (Lipinski definition) is 2. The van der Waals surface area contributed by atoms with Gasteiger partial charge in [-0.3, -0.25) is 4.90 Å². The molecule has 104 valence electrons. The van der Waals surface area contributed by atoms with Gasteiger partial charge in [0.05, 0.1) is 0 Å². The zero-order chi connectivity index (χ0) is 13.2. The van der Waals surface area contributed by atoms with Crippen LogP contribution in [0.5, 0.6) is 0 Å². The molecular formula is C16H23FN2. The molecule has 0 amide bonds. The highest BCUT2D eigenvalue weighted by Gasteiger charge is 2.22. The molecule has 2 heterocycles. The number of piperidine rings is 1. The van der Waals surface area contributed by atoms with E-state index >= 15 is 0 Å². The summed E-state index contributed by atoms with van der Waals surface area (Å²) >= 11 is 0. The molecule has 1 saturated heterocycles. The Bertz CT molecular complexity index is 452. The lowest BCUT2D eigenvalue weighted by Crippen LogP contribution is -2.38. The van der Waals surface area contributed by atoms with Crippen molar-refractivity contribution in [2.75, 3.05) is 26.2 Å².